The number of nitrogens with one attached hydrogen (secondary N) is 2. The van der Waals surface area contributed by atoms with Crippen LogP contribution in [-0.4, -0.2) is 14.9 Å². The Morgan fingerprint density at radius 2 is 2.00 bits per heavy atom. The summed E-state index contributed by atoms with van der Waals surface area (Å²) in [4.78, 5) is 27.4. The molecule has 0 saturated heterocycles. The zero-order valence-electron chi connectivity index (χ0n) is 8.56. The lowest BCUT2D eigenvalue weighted by Gasteiger charge is -1.92. The second-order valence-corrected chi connectivity index (χ2v) is 3.68. The Balaban J connectivity index is 2.63. The molecule has 0 amide bonds. The Morgan fingerprint density at radius 1 is 1.24 bits per heavy atom. The number of H-pyrrole nitrogens is 2. The molecule has 0 spiro atoms. The Bertz CT molecular complexity index is 800. The van der Waals surface area contributed by atoms with Crippen LogP contribution in [0.3, 0.4) is 0 Å². The standard InChI is InChI=1S/C11H7N3O3/c15-11-9-6-3-1-2-4-7(6)13-10(9)8(5-12-11)14(16)17/h1-5,13H,(H,12,15). The molecule has 0 aliphatic heterocycles. The van der Waals surface area contributed by atoms with Gasteiger partial charge in [0.1, 0.15) is 5.52 Å². The van der Waals surface area contributed by atoms with E-state index >= 15 is 0 Å². The smallest absolute Gasteiger partial charge is 0.309 e. The molecule has 0 saturated carbocycles. The molecule has 0 radical (unpaired) electrons. The molecule has 0 atom stereocenters. The number of aromatic amines is 2. The maximum Gasteiger partial charge on any atom is 0.309 e. The molecule has 2 aromatic heterocycles. The topological polar surface area (TPSA) is 91.8 Å². The molecular formula is C11H7N3O3. The summed E-state index contributed by atoms with van der Waals surface area (Å²) in [7, 11) is 0. The van der Waals surface area contributed by atoms with E-state index in [2.05, 4.69) is 9.97 Å². The van der Waals surface area contributed by atoms with Gasteiger partial charge in [-0.1, -0.05) is 18.2 Å². The molecule has 0 fully saturated rings. The Kier molecular flexibility index (Phi) is 1.79. The molecule has 0 bridgehead atoms. The monoisotopic (exact) mass is 229 g/mol. The van der Waals surface area contributed by atoms with Crippen molar-refractivity contribution in [2.75, 3.05) is 0 Å². The van der Waals surface area contributed by atoms with Crippen molar-refractivity contribution in [2.45, 2.75) is 0 Å². The third-order valence-electron chi connectivity index (χ3n) is 2.73. The van der Waals surface area contributed by atoms with Crippen LogP contribution in [-0.2, 0) is 0 Å². The van der Waals surface area contributed by atoms with Crippen LogP contribution in [0.2, 0.25) is 0 Å². The minimum atomic E-state index is -0.520. The van der Waals surface area contributed by atoms with Crippen LogP contribution in [0.4, 0.5) is 5.69 Å². The van der Waals surface area contributed by atoms with Crippen molar-refractivity contribution in [1.82, 2.24) is 9.97 Å². The summed E-state index contributed by atoms with van der Waals surface area (Å²) in [5.41, 5.74) is 0.515. The first kappa shape index (κ1) is 9.59. The van der Waals surface area contributed by atoms with Gasteiger partial charge in [-0.3, -0.25) is 14.9 Å². The van der Waals surface area contributed by atoms with E-state index in [1.807, 2.05) is 0 Å². The number of nitro groups is 1. The average molecular weight is 229 g/mol. The van der Waals surface area contributed by atoms with Gasteiger partial charge in [0.15, 0.2) is 0 Å². The van der Waals surface area contributed by atoms with E-state index in [0.29, 0.717) is 16.3 Å². The van der Waals surface area contributed by atoms with Crippen LogP contribution in [0, 0.1) is 10.1 Å². The van der Waals surface area contributed by atoms with Gasteiger partial charge in [0.05, 0.1) is 16.5 Å². The molecule has 84 valence electrons. The maximum atomic E-state index is 11.7. The second kappa shape index (κ2) is 3.18. The van der Waals surface area contributed by atoms with Crippen molar-refractivity contribution in [3.05, 3.63) is 50.9 Å². The third kappa shape index (κ3) is 1.24. The Hall–Kier alpha value is -2.63. The molecule has 6 nitrogen and oxygen atoms in total. The predicted octanol–water partition coefficient (Wildman–Crippen LogP) is 1.92. The van der Waals surface area contributed by atoms with E-state index in [0.717, 1.165) is 6.20 Å². The van der Waals surface area contributed by atoms with Crippen molar-refractivity contribution in [2.24, 2.45) is 0 Å². The van der Waals surface area contributed by atoms with Gasteiger partial charge in [-0.15, -0.1) is 0 Å². The summed E-state index contributed by atoms with van der Waals surface area (Å²) in [6, 6.07) is 7.12. The van der Waals surface area contributed by atoms with Crippen LogP contribution in [0.1, 0.15) is 0 Å². The number of para-hydroxylation sites is 1. The first-order valence-corrected chi connectivity index (χ1v) is 4.95. The SMILES string of the molecule is O=c1[nH]cc([N+](=O)[O-])c2[nH]c3ccccc3c12. The zero-order chi connectivity index (χ0) is 12.0. The average Bonchev–Trinajstić information content (AvgIpc) is 2.68. The van der Waals surface area contributed by atoms with Gasteiger partial charge in [0, 0.05) is 10.9 Å². The Morgan fingerprint density at radius 3 is 2.76 bits per heavy atom. The number of benzene rings is 1. The van der Waals surface area contributed by atoms with Crippen LogP contribution in [0.5, 0.6) is 0 Å². The molecule has 2 heterocycles. The highest BCUT2D eigenvalue weighted by Gasteiger charge is 2.18. The molecule has 3 rings (SSSR count). The molecule has 3 aromatic rings. The minimum Gasteiger partial charge on any atom is -0.349 e. The van der Waals surface area contributed by atoms with Crippen molar-refractivity contribution >= 4 is 27.5 Å². The van der Waals surface area contributed by atoms with Crippen molar-refractivity contribution in [3.63, 3.8) is 0 Å². The molecule has 0 aliphatic rings. The summed E-state index contributed by atoms with van der Waals surface area (Å²) < 4.78 is 0. The Labute approximate surface area is 94.0 Å². The first-order valence-electron chi connectivity index (χ1n) is 4.95. The van der Waals surface area contributed by atoms with Crippen LogP contribution in [0.15, 0.2) is 35.3 Å². The molecule has 0 aliphatic carbocycles. The van der Waals surface area contributed by atoms with Crippen LogP contribution in [0.25, 0.3) is 21.8 Å². The molecule has 1 aromatic carbocycles. The minimum absolute atomic E-state index is 0.129. The van der Waals surface area contributed by atoms with Gasteiger partial charge >= 0.3 is 5.69 Å². The summed E-state index contributed by atoms with van der Waals surface area (Å²) in [5, 5.41) is 11.9. The molecule has 2 N–H and O–H groups in total. The van der Waals surface area contributed by atoms with Crippen molar-refractivity contribution in [1.29, 1.82) is 0 Å². The number of fused-ring (bicyclic) bond motifs is 3. The lowest BCUT2D eigenvalue weighted by atomic mass is 10.2. The number of rotatable bonds is 1. The van der Waals surface area contributed by atoms with Crippen molar-refractivity contribution in [3.8, 4) is 0 Å². The first-order chi connectivity index (χ1) is 8.18. The zero-order valence-corrected chi connectivity index (χ0v) is 8.56. The predicted molar refractivity (Wildman–Crippen MR) is 63.1 cm³/mol. The largest absolute Gasteiger partial charge is 0.349 e. The van der Waals surface area contributed by atoms with E-state index in [1.54, 1.807) is 24.3 Å². The highest BCUT2D eigenvalue weighted by molar-refractivity contribution is 6.09. The molecule has 0 unspecified atom stereocenters. The van der Waals surface area contributed by atoms with Gasteiger partial charge in [-0.25, -0.2) is 0 Å². The number of hydrogen-bond donors (Lipinski definition) is 2. The number of nitrogens with zero attached hydrogens (tertiary/aromatic N) is 1. The van der Waals surface area contributed by atoms with Gasteiger partial charge < -0.3 is 9.97 Å². The normalized spacial score (nSPS) is 11.1. The summed E-state index contributed by atoms with van der Waals surface area (Å²) in [6.07, 6.45) is 1.11. The summed E-state index contributed by atoms with van der Waals surface area (Å²) in [5.74, 6) is 0. The van der Waals surface area contributed by atoms with Gasteiger partial charge in [-0.2, -0.15) is 0 Å². The lowest BCUT2D eigenvalue weighted by Crippen LogP contribution is -2.06. The molecule has 6 heteroatoms. The van der Waals surface area contributed by atoms with Crippen molar-refractivity contribution < 1.29 is 4.92 Å². The molecular weight excluding hydrogens is 222 g/mol. The third-order valence-corrected chi connectivity index (χ3v) is 2.73. The number of aromatic nitrogens is 2. The second-order valence-electron chi connectivity index (χ2n) is 3.68. The highest BCUT2D eigenvalue weighted by Crippen LogP contribution is 2.27. The van der Waals surface area contributed by atoms with E-state index in [1.165, 1.54) is 0 Å². The summed E-state index contributed by atoms with van der Waals surface area (Å²) >= 11 is 0. The number of hydrogen-bond acceptors (Lipinski definition) is 3. The van der Waals surface area contributed by atoms with Gasteiger partial charge in [-0.05, 0) is 6.07 Å². The maximum absolute atomic E-state index is 11.7. The fraction of sp³-hybridized carbons (Fsp3) is 0. The lowest BCUT2D eigenvalue weighted by molar-refractivity contribution is -0.383. The van der Waals surface area contributed by atoms with Crippen LogP contribution < -0.4 is 5.56 Å². The number of pyridine rings is 1. The molecule has 17 heavy (non-hydrogen) atoms. The van der Waals surface area contributed by atoms with Crippen LogP contribution >= 0.6 is 0 Å². The van der Waals surface area contributed by atoms with E-state index in [9.17, 15) is 14.9 Å². The van der Waals surface area contributed by atoms with E-state index in [-0.39, 0.29) is 16.8 Å². The van der Waals surface area contributed by atoms with Gasteiger partial charge in [0.25, 0.3) is 5.56 Å². The fourth-order valence-corrected chi connectivity index (χ4v) is 1.99. The highest BCUT2D eigenvalue weighted by atomic mass is 16.6. The fourth-order valence-electron chi connectivity index (χ4n) is 1.99. The van der Waals surface area contributed by atoms with Gasteiger partial charge in [0.2, 0.25) is 0 Å². The quantitative estimate of drug-likeness (QED) is 0.493. The summed E-state index contributed by atoms with van der Waals surface area (Å²) in [6.45, 7) is 0. The van der Waals surface area contributed by atoms with E-state index < -0.39 is 4.92 Å². The van der Waals surface area contributed by atoms with E-state index in [4.69, 9.17) is 0 Å².